The fraction of sp³-hybridized carbons (Fsp3) is 0.438. The van der Waals surface area contributed by atoms with Gasteiger partial charge in [0.1, 0.15) is 6.42 Å². The molecule has 2 aliphatic rings. The van der Waals surface area contributed by atoms with Gasteiger partial charge in [0, 0.05) is 11.8 Å². The van der Waals surface area contributed by atoms with Gasteiger partial charge in [-0.2, -0.15) is 10.3 Å². The number of amides is 1. The van der Waals surface area contributed by atoms with Crippen LogP contribution in [0.3, 0.4) is 0 Å². The van der Waals surface area contributed by atoms with E-state index in [2.05, 4.69) is 4.99 Å². The van der Waals surface area contributed by atoms with Crippen LogP contribution in [-0.4, -0.2) is 47.2 Å². The highest BCUT2D eigenvalue weighted by Gasteiger charge is 2.48. The summed E-state index contributed by atoms with van der Waals surface area (Å²) in [4.78, 5) is 17.7. The lowest BCUT2D eigenvalue weighted by Gasteiger charge is -2.24. The molecular formula is C16H17N3O3S2. The van der Waals surface area contributed by atoms with Gasteiger partial charge in [-0.05, 0) is 12.5 Å². The van der Waals surface area contributed by atoms with Gasteiger partial charge in [0.15, 0.2) is 15.0 Å². The number of sulfone groups is 1. The highest BCUT2D eigenvalue weighted by Crippen LogP contribution is 2.39. The maximum absolute atomic E-state index is 11.9. The number of carbonyl (C=O) groups is 1. The Labute approximate surface area is 145 Å². The lowest BCUT2D eigenvalue weighted by molar-refractivity contribution is -0.116. The summed E-state index contributed by atoms with van der Waals surface area (Å²) in [5, 5.41) is 9.05. The van der Waals surface area contributed by atoms with Crippen LogP contribution in [0, 0.1) is 18.3 Å². The number of hydrogen-bond donors (Lipinski definition) is 0. The molecule has 6 nitrogen and oxygen atoms in total. The number of thioether (sulfide) groups is 1. The van der Waals surface area contributed by atoms with Crippen molar-refractivity contribution in [2.24, 2.45) is 4.99 Å². The lowest BCUT2D eigenvalue weighted by atomic mass is 10.1. The minimum absolute atomic E-state index is 0.0853. The van der Waals surface area contributed by atoms with Crippen LogP contribution in [0.2, 0.25) is 0 Å². The molecule has 0 aromatic heterocycles. The number of aryl methyl sites for hydroxylation is 1. The Morgan fingerprint density at radius 2 is 2.08 bits per heavy atom. The number of nitrogens with zero attached hydrogens (tertiary/aromatic N) is 3. The quantitative estimate of drug-likeness (QED) is 0.808. The summed E-state index contributed by atoms with van der Waals surface area (Å²) in [6, 6.07) is 9.61. The first-order valence-corrected chi connectivity index (χ1v) is 10.3. The zero-order chi connectivity index (χ0) is 17.3. The topological polar surface area (TPSA) is 90.6 Å². The van der Waals surface area contributed by atoms with Gasteiger partial charge in [-0.1, -0.05) is 41.6 Å². The molecule has 0 N–H and O–H groups in total. The van der Waals surface area contributed by atoms with E-state index < -0.39 is 15.7 Å². The Morgan fingerprint density at radius 1 is 1.38 bits per heavy atom. The molecule has 3 rings (SSSR count). The molecule has 0 bridgehead atoms. The summed E-state index contributed by atoms with van der Waals surface area (Å²) in [7, 11) is -3.05. The van der Waals surface area contributed by atoms with Gasteiger partial charge < -0.3 is 4.90 Å². The van der Waals surface area contributed by atoms with E-state index in [1.807, 2.05) is 36.1 Å². The molecule has 2 fully saturated rings. The van der Waals surface area contributed by atoms with Crippen molar-refractivity contribution in [2.45, 2.75) is 31.2 Å². The predicted molar refractivity (Wildman–Crippen MR) is 93.2 cm³/mol. The molecule has 24 heavy (non-hydrogen) atoms. The Kier molecular flexibility index (Phi) is 4.65. The fourth-order valence-electron chi connectivity index (χ4n) is 2.92. The molecule has 126 valence electrons. The molecule has 0 aliphatic carbocycles. The lowest BCUT2D eigenvalue weighted by Crippen LogP contribution is -2.37. The van der Waals surface area contributed by atoms with Gasteiger partial charge in [0.05, 0.1) is 23.6 Å². The van der Waals surface area contributed by atoms with Crippen LogP contribution in [0.25, 0.3) is 0 Å². The van der Waals surface area contributed by atoms with Gasteiger partial charge in [0.2, 0.25) is 0 Å². The van der Waals surface area contributed by atoms with Crippen molar-refractivity contribution in [1.82, 2.24) is 4.90 Å². The van der Waals surface area contributed by atoms with Crippen LogP contribution >= 0.6 is 11.8 Å². The van der Waals surface area contributed by atoms with Gasteiger partial charge in [-0.15, -0.1) is 0 Å². The first-order chi connectivity index (χ1) is 11.4. The number of benzene rings is 1. The van der Waals surface area contributed by atoms with Crippen LogP contribution in [0.4, 0.5) is 0 Å². The van der Waals surface area contributed by atoms with Gasteiger partial charge in [0.25, 0.3) is 5.91 Å². The molecule has 1 aromatic carbocycles. The molecule has 1 aromatic rings. The second-order valence-corrected chi connectivity index (χ2v) is 9.40. The predicted octanol–water partition coefficient (Wildman–Crippen LogP) is 1.51. The first-order valence-electron chi connectivity index (χ1n) is 7.56. The molecule has 0 radical (unpaired) electrons. The van der Waals surface area contributed by atoms with E-state index in [-0.39, 0.29) is 29.2 Å². The molecular weight excluding hydrogens is 346 g/mol. The van der Waals surface area contributed by atoms with Crippen LogP contribution < -0.4 is 0 Å². The average Bonchev–Trinajstić information content (AvgIpc) is 2.95. The fourth-order valence-corrected chi connectivity index (χ4v) is 6.89. The van der Waals surface area contributed by atoms with E-state index in [0.29, 0.717) is 11.7 Å². The molecule has 0 unspecified atom stereocenters. The van der Waals surface area contributed by atoms with Crippen LogP contribution in [0.1, 0.15) is 17.5 Å². The van der Waals surface area contributed by atoms with Crippen LogP contribution in [0.15, 0.2) is 29.3 Å². The number of fused-ring (bicyclic) bond motifs is 1. The highest BCUT2D eigenvalue weighted by molar-refractivity contribution is 8.15. The standard InChI is InChI=1S/C16H17N3O3S2/c1-11-2-4-12(5-3-11)8-19-13-9-24(21,22)10-14(13)23-16(19)18-15(20)6-7-17/h2-5,13-14H,6,8-10H2,1H3/t13-,14-/m0/s1. The molecule has 2 atom stereocenters. The molecule has 0 saturated carbocycles. The minimum atomic E-state index is -3.05. The van der Waals surface area contributed by atoms with Crippen molar-refractivity contribution in [1.29, 1.82) is 5.26 Å². The van der Waals surface area contributed by atoms with Crippen molar-refractivity contribution in [3.8, 4) is 6.07 Å². The van der Waals surface area contributed by atoms with Gasteiger partial charge in [-0.3, -0.25) is 4.79 Å². The summed E-state index contributed by atoms with van der Waals surface area (Å²) >= 11 is 1.33. The third-order valence-electron chi connectivity index (χ3n) is 4.10. The van der Waals surface area contributed by atoms with Gasteiger partial charge in [-0.25, -0.2) is 8.42 Å². The van der Waals surface area contributed by atoms with E-state index >= 15 is 0 Å². The summed E-state index contributed by atoms with van der Waals surface area (Å²) in [5.74, 6) is -0.295. The highest BCUT2D eigenvalue weighted by atomic mass is 32.2. The maximum atomic E-state index is 11.9. The first kappa shape index (κ1) is 17.0. The number of aliphatic imine (C=N–C) groups is 1. The molecule has 1 amide bonds. The number of rotatable bonds is 3. The van der Waals surface area contributed by atoms with Crippen LogP contribution in [-0.2, 0) is 21.2 Å². The largest absolute Gasteiger partial charge is 0.342 e. The normalized spacial score (nSPS) is 26.3. The van der Waals surface area contributed by atoms with Crippen molar-refractivity contribution >= 4 is 32.7 Å². The summed E-state index contributed by atoms with van der Waals surface area (Å²) in [6.07, 6.45) is -0.268. The monoisotopic (exact) mass is 363 g/mol. The number of hydrogen-bond acceptors (Lipinski definition) is 5. The average molecular weight is 363 g/mol. The number of amidine groups is 1. The van der Waals surface area contributed by atoms with Crippen molar-refractivity contribution in [3.05, 3.63) is 35.4 Å². The van der Waals surface area contributed by atoms with Gasteiger partial charge >= 0.3 is 0 Å². The molecule has 2 saturated heterocycles. The molecule has 0 spiro atoms. The number of carbonyl (C=O) groups excluding carboxylic acids is 1. The zero-order valence-corrected chi connectivity index (χ0v) is 14.8. The number of nitriles is 1. The Hall–Kier alpha value is -1.85. The smallest absolute Gasteiger partial charge is 0.262 e. The van der Waals surface area contributed by atoms with Crippen LogP contribution in [0.5, 0.6) is 0 Å². The van der Waals surface area contributed by atoms with E-state index in [4.69, 9.17) is 5.26 Å². The van der Waals surface area contributed by atoms with E-state index in [1.54, 1.807) is 6.07 Å². The molecule has 8 heteroatoms. The minimum Gasteiger partial charge on any atom is -0.342 e. The van der Waals surface area contributed by atoms with Crippen molar-refractivity contribution in [2.75, 3.05) is 11.5 Å². The molecule has 2 aliphatic heterocycles. The third kappa shape index (κ3) is 3.62. The summed E-state index contributed by atoms with van der Waals surface area (Å²) < 4.78 is 23.9. The second-order valence-electron chi connectivity index (χ2n) is 6.04. The van der Waals surface area contributed by atoms with E-state index in [0.717, 1.165) is 11.1 Å². The van der Waals surface area contributed by atoms with Crippen molar-refractivity contribution in [3.63, 3.8) is 0 Å². The van der Waals surface area contributed by atoms with E-state index in [9.17, 15) is 13.2 Å². The second kappa shape index (κ2) is 6.57. The SMILES string of the molecule is Cc1ccc(CN2C(=NC(=O)CC#N)S[C@H]3CS(=O)(=O)C[C@@H]32)cc1. The van der Waals surface area contributed by atoms with E-state index in [1.165, 1.54) is 11.8 Å². The molecule has 2 heterocycles. The third-order valence-corrected chi connectivity index (χ3v) is 7.35. The Balaban J connectivity index is 1.88. The summed E-state index contributed by atoms with van der Waals surface area (Å²) in [6.45, 7) is 2.51. The van der Waals surface area contributed by atoms with Crippen molar-refractivity contribution < 1.29 is 13.2 Å². The Morgan fingerprint density at radius 3 is 2.75 bits per heavy atom. The Bertz CT molecular complexity index is 825. The maximum Gasteiger partial charge on any atom is 0.262 e. The zero-order valence-electron chi connectivity index (χ0n) is 13.2. The summed E-state index contributed by atoms with van der Waals surface area (Å²) in [5.41, 5.74) is 2.18.